The molecule has 4 heteroatoms. The van der Waals surface area contributed by atoms with Crippen LogP contribution in [0.4, 0.5) is 0 Å². The van der Waals surface area contributed by atoms with Gasteiger partial charge < -0.3 is 10.4 Å². The van der Waals surface area contributed by atoms with E-state index in [9.17, 15) is 5.11 Å². The van der Waals surface area contributed by atoms with Gasteiger partial charge in [0.05, 0.1) is 11.6 Å². The van der Waals surface area contributed by atoms with Crippen molar-refractivity contribution in [3.05, 3.63) is 16.6 Å². The minimum absolute atomic E-state index is 0.0797. The molecule has 0 aromatic carbocycles. The maximum Gasteiger partial charge on any atom is 0.0794 e. The number of aliphatic hydroxyl groups is 1. The average Bonchev–Trinajstić information content (AvgIpc) is 2.78. The van der Waals surface area contributed by atoms with E-state index >= 15 is 0 Å². The SMILES string of the molecule is OC1CCCC1CNCc1cncs1. The maximum atomic E-state index is 9.60. The number of nitrogens with zero attached hydrogens (tertiary/aromatic N) is 1. The third kappa shape index (κ3) is 2.53. The van der Waals surface area contributed by atoms with Crippen LogP contribution in [0.25, 0.3) is 0 Å². The van der Waals surface area contributed by atoms with Gasteiger partial charge in [-0.2, -0.15) is 0 Å². The molecule has 0 amide bonds. The standard InChI is InChI=1S/C10H16N2OS/c13-10-3-1-2-8(10)4-11-5-9-6-12-7-14-9/h6-8,10-11,13H,1-5H2. The van der Waals surface area contributed by atoms with Crippen molar-refractivity contribution in [3.63, 3.8) is 0 Å². The minimum Gasteiger partial charge on any atom is -0.393 e. The van der Waals surface area contributed by atoms with E-state index in [4.69, 9.17) is 0 Å². The zero-order valence-corrected chi connectivity index (χ0v) is 8.96. The number of aromatic nitrogens is 1. The Morgan fingerprint density at radius 1 is 1.57 bits per heavy atom. The van der Waals surface area contributed by atoms with Crippen LogP contribution in [-0.4, -0.2) is 22.7 Å². The molecule has 0 saturated heterocycles. The molecule has 2 unspecified atom stereocenters. The highest BCUT2D eigenvalue weighted by Crippen LogP contribution is 2.24. The smallest absolute Gasteiger partial charge is 0.0794 e. The molecule has 2 N–H and O–H groups in total. The summed E-state index contributed by atoms with van der Waals surface area (Å²) in [7, 11) is 0. The quantitative estimate of drug-likeness (QED) is 0.793. The zero-order valence-electron chi connectivity index (χ0n) is 8.15. The molecule has 0 aliphatic heterocycles. The molecule has 2 rings (SSSR count). The van der Waals surface area contributed by atoms with Gasteiger partial charge in [-0.25, -0.2) is 0 Å². The molecular weight excluding hydrogens is 196 g/mol. The fraction of sp³-hybridized carbons (Fsp3) is 0.700. The van der Waals surface area contributed by atoms with Gasteiger partial charge in [-0.3, -0.25) is 4.98 Å². The topological polar surface area (TPSA) is 45.1 Å². The van der Waals surface area contributed by atoms with E-state index in [1.165, 1.54) is 11.3 Å². The Morgan fingerprint density at radius 3 is 3.14 bits per heavy atom. The lowest BCUT2D eigenvalue weighted by Gasteiger charge is -2.14. The number of aliphatic hydroxyl groups excluding tert-OH is 1. The summed E-state index contributed by atoms with van der Waals surface area (Å²) in [4.78, 5) is 5.28. The second kappa shape index (κ2) is 4.87. The Morgan fingerprint density at radius 2 is 2.50 bits per heavy atom. The van der Waals surface area contributed by atoms with Crippen molar-refractivity contribution < 1.29 is 5.11 Å². The molecule has 1 aliphatic rings. The maximum absolute atomic E-state index is 9.60. The van der Waals surface area contributed by atoms with Crippen molar-refractivity contribution in [1.82, 2.24) is 10.3 Å². The van der Waals surface area contributed by atoms with Crippen LogP contribution < -0.4 is 5.32 Å². The van der Waals surface area contributed by atoms with Crippen LogP contribution in [0.5, 0.6) is 0 Å². The van der Waals surface area contributed by atoms with Crippen LogP contribution in [-0.2, 0) is 6.54 Å². The number of hydrogen-bond donors (Lipinski definition) is 2. The Kier molecular flexibility index (Phi) is 3.50. The van der Waals surface area contributed by atoms with E-state index in [-0.39, 0.29) is 6.10 Å². The molecule has 78 valence electrons. The van der Waals surface area contributed by atoms with Gasteiger partial charge in [0.1, 0.15) is 0 Å². The molecule has 1 aromatic rings. The first-order valence-corrected chi connectivity index (χ1v) is 6.00. The minimum atomic E-state index is -0.0797. The normalized spacial score (nSPS) is 26.9. The highest BCUT2D eigenvalue weighted by atomic mass is 32.1. The second-order valence-electron chi connectivity index (χ2n) is 3.86. The van der Waals surface area contributed by atoms with Crippen molar-refractivity contribution in [2.45, 2.75) is 31.9 Å². The van der Waals surface area contributed by atoms with E-state index in [0.29, 0.717) is 5.92 Å². The van der Waals surface area contributed by atoms with Gasteiger partial charge in [0, 0.05) is 24.2 Å². The highest BCUT2D eigenvalue weighted by molar-refractivity contribution is 7.09. The number of hydrogen-bond acceptors (Lipinski definition) is 4. The van der Waals surface area contributed by atoms with Gasteiger partial charge in [-0.1, -0.05) is 6.42 Å². The van der Waals surface area contributed by atoms with Gasteiger partial charge in [-0.15, -0.1) is 11.3 Å². The first-order chi connectivity index (χ1) is 6.86. The summed E-state index contributed by atoms with van der Waals surface area (Å²) in [6.07, 6.45) is 5.13. The third-order valence-corrected chi connectivity index (χ3v) is 3.59. The largest absolute Gasteiger partial charge is 0.393 e. The fourth-order valence-corrected chi connectivity index (χ4v) is 2.53. The van der Waals surface area contributed by atoms with Crippen LogP contribution in [0.15, 0.2) is 11.7 Å². The van der Waals surface area contributed by atoms with Gasteiger partial charge >= 0.3 is 0 Å². The van der Waals surface area contributed by atoms with Crippen LogP contribution in [0, 0.1) is 5.92 Å². The summed E-state index contributed by atoms with van der Waals surface area (Å²) in [6.45, 7) is 1.81. The van der Waals surface area contributed by atoms with E-state index < -0.39 is 0 Å². The van der Waals surface area contributed by atoms with Gasteiger partial charge in [-0.05, 0) is 18.8 Å². The Hall–Kier alpha value is -0.450. The predicted molar refractivity (Wildman–Crippen MR) is 57.2 cm³/mol. The summed E-state index contributed by atoms with van der Waals surface area (Å²) in [5.74, 6) is 0.461. The monoisotopic (exact) mass is 212 g/mol. The lowest BCUT2D eigenvalue weighted by Crippen LogP contribution is -2.27. The van der Waals surface area contributed by atoms with Crippen molar-refractivity contribution in [1.29, 1.82) is 0 Å². The van der Waals surface area contributed by atoms with E-state index in [2.05, 4.69) is 10.3 Å². The second-order valence-corrected chi connectivity index (χ2v) is 4.83. The fourth-order valence-electron chi connectivity index (χ4n) is 1.97. The lowest BCUT2D eigenvalue weighted by molar-refractivity contribution is 0.131. The molecule has 1 aromatic heterocycles. The van der Waals surface area contributed by atoms with Crippen molar-refractivity contribution in [2.75, 3.05) is 6.54 Å². The lowest BCUT2D eigenvalue weighted by atomic mass is 10.1. The average molecular weight is 212 g/mol. The molecule has 0 spiro atoms. The van der Waals surface area contributed by atoms with Gasteiger partial charge in [0.15, 0.2) is 0 Å². The summed E-state index contributed by atoms with van der Waals surface area (Å²) in [5, 5.41) is 13.0. The summed E-state index contributed by atoms with van der Waals surface area (Å²) >= 11 is 1.67. The van der Waals surface area contributed by atoms with Crippen LogP contribution in [0.1, 0.15) is 24.1 Å². The number of thiazole rings is 1. The van der Waals surface area contributed by atoms with E-state index in [1.807, 2.05) is 11.7 Å². The molecule has 0 bridgehead atoms. The summed E-state index contributed by atoms with van der Waals surface area (Å²) in [5.41, 5.74) is 1.85. The Labute approximate surface area is 88.2 Å². The zero-order chi connectivity index (χ0) is 9.80. The molecular formula is C10H16N2OS. The van der Waals surface area contributed by atoms with E-state index in [1.54, 1.807) is 11.3 Å². The van der Waals surface area contributed by atoms with Crippen molar-refractivity contribution in [2.24, 2.45) is 5.92 Å². The highest BCUT2D eigenvalue weighted by Gasteiger charge is 2.24. The van der Waals surface area contributed by atoms with Crippen LogP contribution in [0.2, 0.25) is 0 Å². The first-order valence-electron chi connectivity index (χ1n) is 5.12. The van der Waals surface area contributed by atoms with Crippen molar-refractivity contribution >= 4 is 11.3 Å². The molecule has 1 fully saturated rings. The Bertz CT molecular complexity index is 263. The molecule has 2 atom stereocenters. The van der Waals surface area contributed by atoms with Crippen molar-refractivity contribution in [3.8, 4) is 0 Å². The van der Waals surface area contributed by atoms with E-state index in [0.717, 1.165) is 25.9 Å². The molecule has 1 saturated carbocycles. The Balaban J connectivity index is 1.68. The third-order valence-electron chi connectivity index (χ3n) is 2.81. The predicted octanol–water partition coefficient (Wildman–Crippen LogP) is 1.39. The molecule has 0 radical (unpaired) electrons. The molecule has 3 nitrogen and oxygen atoms in total. The molecule has 1 heterocycles. The van der Waals surface area contributed by atoms with Crippen LogP contribution in [0.3, 0.4) is 0 Å². The molecule has 1 aliphatic carbocycles. The summed E-state index contributed by atoms with van der Waals surface area (Å²) in [6, 6.07) is 0. The van der Waals surface area contributed by atoms with Gasteiger partial charge in [0.2, 0.25) is 0 Å². The first kappa shape index (κ1) is 10.1. The van der Waals surface area contributed by atoms with Crippen LogP contribution >= 0.6 is 11.3 Å². The van der Waals surface area contributed by atoms with Gasteiger partial charge in [0.25, 0.3) is 0 Å². The number of nitrogens with one attached hydrogen (secondary N) is 1. The molecule has 14 heavy (non-hydrogen) atoms. The summed E-state index contributed by atoms with van der Waals surface area (Å²) < 4.78 is 0. The number of rotatable bonds is 4.